The zero-order chi connectivity index (χ0) is 25.5. The smallest absolute Gasteiger partial charge is 0.264 e. The van der Waals surface area contributed by atoms with Crippen LogP contribution in [0.25, 0.3) is 0 Å². The molecule has 0 atom stereocenters. The second-order valence-electron chi connectivity index (χ2n) is 8.42. The Labute approximate surface area is 221 Å². The molecule has 1 aliphatic heterocycles. The summed E-state index contributed by atoms with van der Waals surface area (Å²) >= 11 is 12.0. The van der Waals surface area contributed by atoms with E-state index in [1.807, 2.05) is 18.2 Å². The van der Waals surface area contributed by atoms with E-state index in [-0.39, 0.29) is 10.6 Å². The monoisotopic (exact) mass is 544 g/mol. The number of hydrogen-bond donors (Lipinski definition) is 1. The minimum atomic E-state index is -4.06. The van der Waals surface area contributed by atoms with Gasteiger partial charge in [-0.2, -0.15) is 5.10 Å². The molecule has 0 aliphatic carbocycles. The van der Waals surface area contributed by atoms with Crippen LogP contribution in [0.2, 0.25) is 10.0 Å². The van der Waals surface area contributed by atoms with Gasteiger partial charge in [-0.25, -0.2) is 13.8 Å². The topological polar surface area (TPSA) is 82.1 Å². The molecule has 3 aromatic carbocycles. The van der Waals surface area contributed by atoms with Crippen molar-refractivity contribution in [1.82, 2.24) is 10.3 Å². The number of anilines is 1. The second kappa shape index (κ2) is 11.9. The van der Waals surface area contributed by atoms with Crippen LogP contribution in [-0.4, -0.2) is 44.6 Å². The molecule has 0 radical (unpaired) electrons. The number of hydrogen-bond acceptors (Lipinski definition) is 5. The van der Waals surface area contributed by atoms with Crippen LogP contribution in [0.1, 0.15) is 18.4 Å². The fourth-order valence-electron chi connectivity index (χ4n) is 3.91. The van der Waals surface area contributed by atoms with Gasteiger partial charge >= 0.3 is 0 Å². The number of amides is 1. The summed E-state index contributed by atoms with van der Waals surface area (Å²) in [7, 11) is -4.06. The highest BCUT2D eigenvalue weighted by Crippen LogP contribution is 2.26. The average Bonchev–Trinajstić information content (AvgIpc) is 2.87. The lowest BCUT2D eigenvalue weighted by molar-refractivity contribution is -0.119. The first-order chi connectivity index (χ1) is 17.3. The van der Waals surface area contributed by atoms with Gasteiger partial charge in [0.15, 0.2) is 0 Å². The van der Waals surface area contributed by atoms with E-state index in [1.165, 1.54) is 35.9 Å². The van der Waals surface area contributed by atoms with Gasteiger partial charge in [0.05, 0.1) is 10.6 Å². The molecule has 0 bridgehead atoms. The molecule has 3 aromatic rings. The van der Waals surface area contributed by atoms with Crippen LogP contribution in [0.15, 0.2) is 88.9 Å². The van der Waals surface area contributed by atoms with E-state index in [2.05, 4.69) is 27.6 Å². The molecular weight excluding hydrogens is 519 g/mol. The van der Waals surface area contributed by atoms with E-state index in [4.69, 9.17) is 23.2 Å². The SMILES string of the molecule is O=C(CN(c1cccc(Cl)c1)S(=O)(=O)c1ccc(Cl)cc1)NN=C1CCN(Cc2ccccc2)CC1. The fraction of sp³-hybridized carbons (Fsp3) is 0.231. The number of nitrogens with one attached hydrogen (secondary N) is 1. The average molecular weight is 545 g/mol. The fourth-order valence-corrected chi connectivity index (χ4v) is 5.63. The highest BCUT2D eigenvalue weighted by molar-refractivity contribution is 7.92. The summed E-state index contributed by atoms with van der Waals surface area (Å²) in [6, 6.07) is 22.4. The van der Waals surface area contributed by atoms with Crippen molar-refractivity contribution in [2.45, 2.75) is 24.3 Å². The Bertz CT molecular complexity index is 1320. The van der Waals surface area contributed by atoms with Crippen molar-refractivity contribution < 1.29 is 13.2 Å². The number of likely N-dealkylation sites (tertiary alicyclic amines) is 1. The normalized spacial score (nSPS) is 14.3. The molecule has 1 saturated heterocycles. The maximum absolute atomic E-state index is 13.4. The van der Waals surface area contributed by atoms with E-state index >= 15 is 0 Å². The summed E-state index contributed by atoms with van der Waals surface area (Å²) in [4.78, 5) is 15.2. The van der Waals surface area contributed by atoms with Crippen molar-refractivity contribution in [3.8, 4) is 0 Å². The van der Waals surface area contributed by atoms with Gasteiger partial charge in [0.1, 0.15) is 6.54 Å². The summed E-state index contributed by atoms with van der Waals surface area (Å²) in [5, 5.41) is 5.04. The van der Waals surface area contributed by atoms with E-state index in [0.29, 0.717) is 10.0 Å². The molecule has 188 valence electrons. The first kappa shape index (κ1) is 26.2. The Hall–Kier alpha value is -2.91. The van der Waals surface area contributed by atoms with Gasteiger partial charge in [-0.3, -0.25) is 14.0 Å². The predicted octanol–water partition coefficient (Wildman–Crippen LogP) is 4.96. The molecule has 0 unspecified atom stereocenters. The summed E-state index contributed by atoms with van der Waals surface area (Å²) in [6.45, 7) is 2.09. The summed E-state index contributed by atoms with van der Waals surface area (Å²) in [5.41, 5.74) is 4.94. The first-order valence-electron chi connectivity index (χ1n) is 11.5. The lowest BCUT2D eigenvalue weighted by atomic mass is 10.1. The number of sulfonamides is 1. The van der Waals surface area contributed by atoms with Crippen LogP contribution in [-0.2, 0) is 21.4 Å². The number of halogens is 2. The highest BCUT2D eigenvalue weighted by atomic mass is 35.5. The van der Waals surface area contributed by atoms with Gasteiger partial charge in [-0.15, -0.1) is 0 Å². The molecule has 4 rings (SSSR count). The summed E-state index contributed by atoms with van der Waals surface area (Å²) in [5.74, 6) is -0.549. The van der Waals surface area contributed by atoms with Crippen LogP contribution in [0.5, 0.6) is 0 Å². The third kappa shape index (κ3) is 6.85. The second-order valence-corrected chi connectivity index (χ2v) is 11.2. The van der Waals surface area contributed by atoms with Crippen LogP contribution in [0, 0.1) is 0 Å². The van der Waals surface area contributed by atoms with Crippen molar-refractivity contribution in [2.24, 2.45) is 5.10 Å². The number of nitrogens with zero attached hydrogens (tertiary/aromatic N) is 3. The number of piperidine rings is 1. The van der Waals surface area contributed by atoms with E-state index in [1.54, 1.807) is 18.2 Å². The number of carbonyl (C=O) groups is 1. The summed E-state index contributed by atoms with van der Waals surface area (Å²) < 4.78 is 27.8. The van der Waals surface area contributed by atoms with Crippen molar-refractivity contribution in [2.75, 3.05) is 23.9 Å². The van der Waals surface area contributed by atoms with Crippen LogP contribution >= 0.6 is 23.2 Å². The van der Waals surface area contributed by atoms with E-state index in [9.17, 15) is 13.2 Å². The highest BCUT2D eigenvalue weighted by Gasteiger charge is 2.27. The standard InChI is InChI=1S/C26H26Cl2N4O3S/c27-21-9-11-25(12-10-21)36(34,35)32(24-8-4-7-22(28)17-24)19-26(33)30-29-23-13-15-31(16-14-23)18-20-5-2-1-3-6-20/h1-12,17H,13-16,18-19H2,(H,30,33). The van der Waals surface area contributed by atoms with E-state index < -0.39 is 22.5 Å². The Morgan fingerprint density at radius 3 is 2.28 bits per heavy atom. The molecule has 1 amide bonds. The van der Waals surface area contributed by atoms with Crippen LogP contribution in [0.4, 0.5) is 5.69 Å². The molecule has 1 N–H and O–H groups in total. The number of rotatable bonds is 8. The van der Waals surface area contributed by atoms with Crippen molar-refractivity contribution >= 4 is 50.5 Å². The van der Waals surface area contributed by atoms with Crippen molar-refractivity contribution in [1.29, 1.82) is 0 Å². The number of benzene rings is 3. The first-order valence-corrected chi connectivity index (χ1v) is 13.7. The van der Waals surface area contributed by atoms with Crippen molar-refractivity contribution in [3.63, 3.8) is 0 Å². The van der Waals surface area contributed by atoms with Crippen molar-refractivity contribution in [3.05, 3.63) is 94.5 Å². The molecular formula is C26H26Cl2N4O3S. The molecule has 10 heteroatoms. The molecule has 1 heterocycles. The molecule has 36 heavy (non-hydrogen) atoms. The van der Waals surface area contributed by atoms with Crippen LogP contribution in [0.3, 0.4) is 0 Å². The lowest BCUT2D eigenvalue weighted by Gasteiger charge is -2.27. The van der Waals surface area contributed by atoms with E-state index in [0.717, 1.165) is 42.5 Å². The molecule has 0 spiro atoms. The minimum Gasteiger partial charge on any atom is -0.298 e. The van der Waals surface area contributed by atoms with Gasteiger partial charge in [0.25, 0.3) is 15.9 Å². The summed E-state index contributed by atoms with van der Waals surface area (Å²) in [6.07, 6.45) is 1.46. The van der Waals surface area contributed by atoms with Gasteiger partial charge in [-0.05, 0) is 48.0 Å². The zero-order valence-electron chi connectivity index (χ0n) is 19.5. The molecule has 1 fully saturated rings. The quantitative estimate of drug-likeness (QED) is 0.406. The Kier molecular flexibility index (Phi) is 8.64. The Morgan fingerprint density at radius 2 is 1.61 bits per heavy atom. The van der Waals surface area contributed by atoms with Gasteiger partial charge in [-0.1, -0.05) is 59.6 Å². The maximum atomic E-state index is 13.4. The number of hydrazone groups is 1. The molecule has 1 aliphatic rings. The Balaban J connectivity index is 1.42. The number of carbonyl (C=O) groups excluding carboxylic acids is 1. The third-order valence-corrected chi connectivity index (χ3v) is 8.08. The van der Waals surface area contributed by atoms with Crippen LogP contribution < -0.4 is 9.73 Å². The lowest BCUT2D eigenvalue weighted by Crippen LogP contribution is -2.40. The maximum Gasteiger partial charge on any atom is 0.264 e. The minimum absolute atomic E-state index is 0.0109. The predicted molar refractivity (Wildman–Crippen MR) is 144 cm³/mol. The van der Waals surface area contributed by atoms with Gasteiger partial charge < -0.3 is 0 Å². The van der Waals surface area contributed by atoms with Gasteiger partial charge in [0.2, 0.25) is 0 Å². The molecule has 7 nitrogen and oxygen atoms in total. The largest absolute Gasteiger partial charge is 0.298 e. The molecule has 0 saturated carbocycles. The third-order valence-electron chi connectivity index (χ3n) is 5.81. The van der Waals surface area contributed by atoms with Gasteiger partial charge in [0, 0.05) is 48.2 Å². The Morgan fingerprint density at radius 1 is 0.917 bits per heavy atom. The zero-order valence-corrected chi connectivity index (χ0v) is 21.8. The molecule has 0 aromatic heterocycles.